The van der Waals surface area contributed by atoms with Gasteiger partial charge < -0.3 is 9.97 Å². The second kappa shape index (κ2) is 35.0. The van der Waals surface area contributed by atoms with Crippen LogP contribution in [0.3, 0.4) is 0 Å². The summed E-state index contributed by atoms with van der Waals surface area (Å²) >= 11 is 0. The first-order valence-corrected chi connectivity index (χ1v) is 48.1. The minimum atomic E-state index is 0.0384. The topological polar surface area (TPSA) is 69.7 Å². The fourth-order valence-corrected chi connectivity index (χ4v) is 18.1. The van der Waals surface area contributed by atoms with E-state index < -0.39 is 0 Å². The van der Waals surface area contributed by atoms with Crippen LogP contribution >= 0.6 is 0 Å². The molecule has 0 radical (unpaired) electrons. The molecule has 0 spiro atoms. The zero-order valence-corrected chi connectivity index (χ0v) is 86.3. The number of imidazole rings is 2. The number of nitrogens with one attached hydrogen (secondary N) is 2. The van der Waals surface area contributed by atoms with Crippen LogP contribution in [-0.4, -0.2) is 25.6 Å². The van der Waals surface area contributed by atoms with E-state index in [-0.39, 0.29) is 54.1 Å². The Morgan fingerprint density at radius 1 is 0.256 bits per heavy atom. The predicted molar refractivity (Wildman–Crippen MR) is 564 cm³/mol. The van der Waals surface area contributed by atoms with E-state index in [0.29, 0.717) is 10.8 Å². The van der Waals surface area contributed by atoms with Crippen molar-refractivity contribution in [3.63, 3.8) is 0 Å². The number of nitrogens with zero attached hydrogens (tertiary/aromatic N) is 3. The van der Waals surface area contributed by atoms with Crippen LogP contribution in [0.4, 0.5) is 5.69 Å². The minimum absolute atomic E-state index is 0.0384. The number of H-pyrrole nitrogens is 2. The molecule has 2 aromatic heterocycles. The SMILES string of the molecule is CC(C)(C)C1=CC2=C(C1)Cc1ccc(C(C)(C)C)cc1C2.CC(C)(C)C1=CC2=C(C1)c1ccc(C(C)(C)C)cc1C2.CC(C)(C)C1=Cc2cc3cc(C(C)(C)C)ccc3cc2C1.CC(C)(C)C1=Nc2ccc3cc(C(C)(C)C)ccc3c2C1.CC(C)(C)c1ccc2cc(-c3cnc(C(C)(C)C)[nH]3)ccc2c1.CC(C)(C)c1ccc2cc(-c3cnc(C(C)(C)C)[nH]3)ccc2c1. The molecule has 5 heteroatoms. The van der Waals surface area contributed by atoms with Gasteiger partial charge in [0.2, 0.25) is 0 Å². The normalized spacial score (nSPS) is 15.3. The summed E-state index contributed by atoms with van der Waals surface area (Å²) in [4.78, 5) is 20.8. The number of hydrogen-bond acceptors (Lipinski definition) is 3. The third-order valence-electron chi connectivity index (χ3n) is 27.5. The molecule has 0 bridgehead atoms. The third kappa shape index (κ3) is 22.6. The van der Waals surface area contributed by atoms with E-state index in [1.807, 2.05) is 12.4 Å². The summed E-state index contributed by atoms with van der Waals surface area (Å²) in [6, 6.07) is 64.0. The molecule has 0 unspecified atom stereocenters. The second-order valence-corrected chi connectivity index (χ2v) is 50.7. The van der Waals surface area contributed by atoms with Gasteiger partial charge >= 0.3 is 0 Å². The molecule has 5 nitrogen and oxygen atoms in total. The van der Waals surface area contributed by atoms with E-state index in [4.69, 9.17) is 4.99 Å². The first kappa shape index (κ1) is 96.6. The Balaban J connectivity index is 0.000000132. The highest BCUT2D eigenvalue weighted by atomic mass is 14.9. The molecule has 1 aliphatic heterocycles. The Morgan fingerprint density at radius 2 is 0.643 bits per heavy atom. The molecule has 2 N–H and O–H groups in total. The number of fused-ring (bicyclic) bond motifs is 10. The standard InChI is InChI=1S/2C21H26N2.C21H28.C21H26.C20H25N.C20H26/c2*1-20(2,3)17-10-9-14-11-16(8-7-15(14)12-17)18-13-22-19(23-18)21(4,5)6;2*1-20(2,3)18-8-7-14-9-16-12-19(21(4,5)6)13-17(16)10-15(14)11-18;1-19(2,3)14-8-9-15-13(11-14)7-10-17-16(15)12-18(21-17)20(4,5)6;1-19(2,3)15-7-8-17-13(10-15)9-14-11-16(12-18(14)17)20(4,5)6/h2*7-13H,1-6H3,(H,22,23);7-8,11,13H,9-10,12H2,1-6H3;7-11,13H,12H2,1-6H3;7-11H,12H2,1-6H3;7-8,10-11H,9,12H2,1-6H3. The van der Waals surface area contributed by atoms with Crippen LogP contribution in [0.1, 0.15) is 346 Å². The van der Waals surface area contributed by atoms with Crippen LogP contribution in [0.25, 0.3) is 77.3 Å². The van der Waals surface area contributed by atoms with Gasteiger partial charge in [-0.1, -0.05) is 435 Å². The fourth-order valence-electron chi connectivity index (χ4n) is 18.1. The summed E-state index contributed by atoms with van der Waals surface area (Å²) in [6.45, 7) is 81.6. The largest absolute Gasteiger partial charge is 0.342 e. The average Bonchev–Trinajstić information content (AvgIpc) is 1.61. The molecular formula is C124H157N5. The molecule has 5 aliphatic carbocycles. The zero-order chi connectivity index (χ0) is 94.6. The Hall–Kier alpha value is -9.97. The van der Waals surface area contributed by atoms with E-state index in [2.05, 4.69) is 457 Å². The molecular weight excluding hydrogens is 1560 g/mol. The van der Waals surface area contributed by atoms with Crippen LogP contribution in [0.15, 0.2) is 233 Å². The van der Waals surface area contributed by atoms with Crippen molar-refractivity contribution >= 4 is 66.1 Å². The summed E-state index contributed by atoms with van der Waals surface area (Å²) in [5.74, 6) is 2.05. The van der Waals surface area contributed by atoms with Crippen LogP contribution in [0.5, 0.6) is 0 Å². The van der Waals surface area contributed by atoms with E-state index in [0.717, 1.165) is 67.2 Å². The van der Waals surface area contributed by atoms with E-state index in [1.165, 1.54) is 128 Å². The van der Waals surface area contributed by atoms with Gasteiger partial charge in [-0.25, -0.2) is 9.97 Å². The number of aliphatic imine (C=N–C) groups is 1. The molecule has 6 aliphatic rings. The van der Waals surface area contributed by atoms with Gasteiger partial charge in [0, 0.05) is 39.5 Å². The van der Waals surface area contributed by atoms with Gasteiger partial charge in [-0.2, -0.15) is 0 Å². The van der Waals surface area contributed by atoms with E-state index in [9.17, 15) is 0 Å². The van der Waals surface area contributed by atoms with Crippen molar-refractivity contribution in [1.29, 1.82) is 0 Å². The first-order valence-electron chi connectivity index (χ1n) is 48.1. The van der Waals surface area contributed by atoms with Crippen molar-refractivity contribution in [2.75, 3.05) is 0 Å². The number of rotatable bonds is 2. The highest BCUT2D eigenvalue weighted by molar-refractivity contribution is 6.04. The van der Waals surface area contributed by atoms with Gasteiger partial charge in [0.05, 0.1) is 29.5 Å². The molecule has 0 saturated heterocycles. The minimum Gasteiger partial charge on any atom is -0.342 e. The van der Waals surface area contributed by atoms with Gasteiger partial charge in [-0.3, -0.25) is 4.99 Å². The van der Waals surface area contributed by atoms with Gasteiger partial charge in [0.1, 0.15) is 11.6 Å². The summed E-state index contributed by atoms with van der Waals surface area (Å²) < 4.78 is 0. The van der Waals surface area contributed by atoms with Crippen LogP contribution in [0, 0.1) is 21.7 Å². The lowest BCUT2D eigenvalue weighted by Gasteiger charge is -2.24. The molecule has 18 rings (SSSR count). The second-order valence-electron chi connectivity index (χ2n) is 50.7. The lowest BCUT2D eigenvalue weighted by atomic mass is 9.80. The molecule has 0 amide bonds. The monoisotopic (exact) mass is 1720 g/mol. The van der Waals surface area contributed by atoms with E-state index >= 15 is 0 Å². The fraction of sp³-hybridized carbons (Fsp3) is 0.444. The van der Waals surface area contributed by atoms with Crippen molar-refractivity contribution < 1.29 is 0 Å². The number of benzene rings is 10. The van der Waals surface area contributed by atoms with Gasteiger partial charge in [0.25, 0.3) is 0 Å². The quantitative estimate of drug-likeness (QED) is 0.181. The average molecular weight is 1720 g/mol. The van der Waals surface area contributed by atoms with Gasteiger partial charge in [-0.05, 0) is 244 Å². The molecule has 129 heavy (non-hydrogen) atoms. The number of hydrogen-bond donors (Lipinski definition) is 2. The molecule has 12 aromatic rings. The molecule has 678 valence electrons. The summed E-state index contributed by atoms with van der Waals surface area (Å²) in [6.07, 6.45) is 19.1. The predicted octanol–water partition coefficient (Wildman–Crippen LogP) is 35.0. The highest BCUT2D eigenvalue weighted by Crippen LogP contribution is 2.50. The molecule has 0 atom stereocenters. The summed E-state index contributed by atoms with van der Waals surface area (Å²) in [7, 11) is 0. The Labute approximate surface area is 779 Å². The maximum atomic E-state index is 4.86. The van der Waals surface area contributed by atoms with Gasteiger partial charge in [0.15, 0.2) is 0 Å². The van der Waals surface area contributed by atoms with Crippen LogP contribution < -0.4 is 0 Å². The third-order valence-corrected chi connectivity index (χ3v) is 27.5. The first-order chi connectivity index (χ1) is 59.4. The number of allylic oxidation sites excluding steroid dienone is 9. The van der Waals surface area contributed by atoms with Crippen molar-refractivity contribution in [1.82, 2.24) is 19.9 Å². The number of aromatic amines is 2. The van der Waals surface area contributed by atoms with Crippen molar-refractivity contribution in [2.45, 2.75) is 338 Å². The highest BCUT2D eigenvalue weighted by Gasteiger charge is 2.35. The maximum Gasteiger partial charge on any atom is 0.111 e. The van der Waals surface area contributed by atoms with Crippen molar-refractivity contribution in [3.05, 3.63) is 312 Å². The smallest absolute Gasteiger partial charge is 0.111 e. The molecule has 0 fully saturated rings. The van der Waals surface area contributed by atoms with Crippen LogP contribution in [0.2, 0.25) is 0 Å². The lowest BCUT2D eigenvalue weighted by Crippen LogP contribution is -2.19. The van der Waals surface area contributed by atoms with Gasteiger partial charge in [-0.15, -0.1) is 0 Å². The summed E-state index contributed by atoms with van der Waals surface area (Å²) in [5, 5.41) is 10.5. The molecule has 3 heterocycles. The van der Waals surface area contributed by atoms with Crippen LogP contribution in [-0.2, 0) is 75.4 Å². The summed E-state index contributed by atoms with van der Waals surface area (Å²) in [5.41, 5.74) is 39.4. The van der Waals surface area contributed by atoms with E-state index in [1.54, 1.807) is 50.1 Å². The van der Waals surface area contributed by atoms with Crippen molar-refractivity contribution in [3.8, 4) is 22.5 Å². The maximum absolute atomic E-state index is 4.86. The lowest BCUT2D eigenvalue weighted by molar-refractivity contribution is 0.493. The Bertz CT molecular complexity index is 6300. The Morgan fingerprint density at radius 3 is 1.11 bits per heavy atom. The molecule has 0 saturated carbocycles. The van der Waals surface area contributed by atoms with Crippen molar-refractivity contribution in [2.24, 2.45) is 26.7 Å². The number of aromatic nitrogens is 4. The zero-order valence-electron chi connectivity index (χ0n) is 86.3. The molecule has 10 aromatic carbocycles. The Kier molecular flexibility index (Phi) is 26.2.